The van der Waals surface area contributed by atoms with E-state index in [1.54, 1.807) is 6.07 Å². The standard InChI is InChI=1S/C15H15BrFNO/c1-2-13(18)11-5-3-4-6-14(11)19-15-9-10(17)7-8-12(15)16/h3-9,13H,2,18H2,1H3/t13-/m0/s1. The zero-order valence-corrected chi connectivity index (χ0v) is 12.2. The van der Waals surface area contributed by atoms with Gasteiger partial charge in [0.1, 0.15) is 17.3 Å². The van der Waals surface area contributed by atoms with Crippen LogP contribution in [0.4, 0.5) is 4.39 Å². The molecule has 2 nitrogen and oxygen atoms in total. The first-order valence-electron chi connectivity index (χ1n) is 6.09. The number of halogens is 2. The molecule has 0 saturated heterocycles. The lowest BCUT2D eigenvalue weighted by Crippen LogP contribution is -2.09. The van der Waals surface area contributed by atoms with Crippen LogP contribution in [0.15, 0.2) is 46.9 Å². The highest BCUT2D eigenvalue weighted by Gasteiger charge is 2.12. The molecule has 0 aliphatic rings. The number of hydrogen-bond donors (Lipinski definition) is 1. The predicted octanol–water partition coefficient (Wildman–Crippen LogP) is 4.79. The van der Waals surface area contributed by atoms with E-state index in [9.17, 15) is 4.39 Å². The van der Waals surface area contributed by atoms with Gasteiger partial charge >= 0.3 is 0 Å². The Morgan fingerprint density at radius 3 is 2.68 bits per heavy atom. The quantitative estimate of drug-likeness (QED) is 0.877. The van der Waals surface area contributed by atoms with Crippen LogP contribution in [0, 0.1) is 5.82 Å². The SMILES string of the molecule is CC[C@H](N)c1ccccc1Oc1cc(F)ccc1Br. The summed E-state index contributed by atoms with van der Waals surface area (Å²) in [4.78, 5) is 0. The number of rotatable bonds is 4. The van der Waals surface area contributed by atoms with Gasteiger partial charge in [-0.25, -0.2) is 4.39 Å². The van der Waals surface area contributed by atoms with Gasteiger partial charge in [0.15, 0.2) is 0 Å². The summed E-state index contributed by atoms with van der Waals surface area (Å²) in [6.45, 7) is 2.01. The molecule has 2 aromatic rings. The van der Waals surface area contributed by atoms with Crippen molar-refractivity contribution >= 4 is 15.9 Å². The van der Waals surface area contributed by atoms with E-state index in [1.165, 1.54) is 12.1 Å². The normalized spacial score (nSPS) is 12.2. The number of benzene rings is 2. The van der Waals surface area contributed by atoms with Gasteiger partial charge in [0.05, 0.1) is 4.47 Å². The molecule has 0 aliphatic heterocycles. The molecule has 4 heteroatoms. The molecule has 2 N–H and O–H groups in total. The summed E-state index contributed by atoms with van der Waals surface area (Å²) in [6, 6.07) is 11.8. The molecule has 19 heavy (non-hydrogen) atoms. The van der Waals surface area contributed by atoms with Crippen LogP contribution in [0.25, 0.3) is 0 Å². The van der Waals surface area contributed by atoms with E-state index in [-0.39, 0.29) is 11.9 Å². The maximum atomic E-state index is 13.2. The van der Waals surface area contributed by atoms with Crippen molar-refractivity contribution in [1.29, 1.82) is 0 Å². The first-order valence-corrected chi connectivity index (χ1v) is 6.88. The highest BCUT2D eigenvalue weighted by atomic mass is 79.9. The molecule has 1 atom stereocenters. The minimum absolute atomic E-state index is 0.0939. The molecular weight excluding hydrogens is 309 g/mol. The van der Waals surface area contributed by atoms with Crippen molar-refractivity contribution < 1.29 is 9.13 Å². The van der Waals surface area contributed by atoms with E-state index in [0.29, 0.717) is 16.0 Å². The zero-order chi connectivity index (χ0) is 13.8. The van der Waals surface area contributed by atoms with E-state index in [0.717, 1.165) is 12.0 Å². The van der Waals surface area contributed by atoms with Crippen LogP contribution >= 0.6 is 15.9 Å². The van der Waals surface area contributed by atoms with Crippen LogP contribution < -0.4 is 10.5 Å². The smallest absolute Gasteiger partial charge is 0.144 e. The lowest BCUT2D eigenvalue weighted by Gasteiger charge is -2.16. The van der Waals surface area contributed by atoms with Gasteiger partial charge in [-0.2, -0.15) is 0 Å². The van der Waals surface area contributed by atoms with Crippen molar-refractivity contribution in [1.82, 2.24) is 0 Å². The summed E-state index contributed by atoms with van der Waals surface area (Å²) >= 11 is 3.34. The van der Waals surface area contributed by atoms with Gasteiger partial charge in [0, 0.05) is 17.7 Å². The Labute approximate surface area is 120 Å². The maximum Gasteiger partial charge on any atom is 0.144 e. The van der Waals surface area contributed by atoms with Crippen LogP contribution in [0.3, 0.4) is 0 Å². The first kappa shape index (κ1) is 14.0. The van der Waals surface area contributed by atoms with Gasteiger partial charge in [-0.1, -0.05) is 25.1 Å². The van der Waals surface area contributed by atoms with E-state index in [1.807, 2.05) is 31.2 Å². The van der Waals surface area contributed by atoms with Crippen molar-refractivity contribution in [3.63, 3.8) is 0 Å². The highest BCUT2D eigenvalue weighted by Crippen LogP contribution is 2.34. The Balaban J connectivity index is 2.35. The van der Waals surface area contributed by atoms with Crippen LogP contribution in [-0.4, -0.2) is 0 Å². The summed E-state index contributed by atoms with van der Waals surface area (Å²) in [6.07, 6.45) is 0.810. The first-order chi connectivity index (χ1) is 9.11. The molecule has 0 heterocycles. The van der Waals surface area contributed by atoms with Gasteiger partial charge in [0.2, 0.25) is 0 Å². The predicted molar refractivity (Wildman–Crippen MR) is 77.8 cm³/mol. The van der Waals surface area contributed by atoms with E-state index < -0.39 is 0 Å². The van der Waals surface area contributed by atoms with Crippen LogP contribution in [0.1, 0.15) is 24.9 Å². The second-order valence-electron chi connectivity index (χ2n) is 4.23. The summed E-state index contributed by atoms with van der Waals surface area (Å²) in [7, 11) is 0. The molecule has 0 radical (unpaired) electrons. The second kappa shape index (κ2) is 6.17. The van der Waals surface area contributed by atoms with Gasteiger partial charge in [-0.05, 0) is 40.5 Å². The van der Waals surface area contributed by atoms with Crippen molar-refractivity contribution in [3.8, 4) is 11.5 Å². The van der Waals surface area contributed by atoms with Crippen molar-refractivity contribution in [2.75, 3.05) is 0 Å². The summed E-state index contributed by atoms with van der Waals surface area (Å²) < 4.78 is 19.7. The van der Waals surface area contributed by atoms with Crippen LogP contribution in [0.5, 0.6) is 11.5 Å². The molecule has 0 saturated carbocycles. The molecule has 0 spiro atoms. The van der Waals surface area contributed by atoms with Gasteiger partial charge in [0.25, 0.3) is 0 Å². The lowest BCUT2D eigenvalue weighted by atomic mass is 10.0. The molecule has 0 aromatic heterocycles. The third-order valence-corrected chi connectivity index (χ3v) is 3.53. The summed E-state index contributed by atoms with van der Waals surface area (Å²) in [5.74, 6) is 0.759. The number of nitrogens with two attached hydrogens (primary N) is 1. The Morgan fingerprint density at radius 1 is 1.21 bits per heavy atom. The number of para-hydroxylation sites is 1. The Hall–Kier alpha value is -1.39. The minimum Gasteiger partial charge on any atom is -0.456 e. The topological polar surface area (TPSA) is 35.2 Å². The number of hydrogen-bond acceptors (Lipinski definition) is 2. The molecule has 0 aliphatic carbocycles. The molecule has 0 fully saturated rings. The Bertz CT molecular complexity index is 574. The zero-order valence-electron chi connectivity index (χ0n) is 10.6. The fraction of sp³-hybridized carbons (Fsp3) is 0.200. The summed E-state index contributed by atoms with van der Waals surface area (Å²) in [5.41, 5.74) is 6.97. The van der Waals surface area contributed by atoms with Crippen LogP contribution in [0.2, 0.25) is 0 Å². The van der Waals surface area contributed by atoms with Crippen molar-refractivity contribution in [2.45, 2.75) is 19.4 Å². The number of ether oxygens (including phenoxy) is 1. The molecule has 2 aromatic carbocycles. The Morgan fingerprint density at radius 2 is 1.95 bits per heavy atom. The van der Waals surface area contributed by atoms with Gasteiger partial charge in [-0.15, -0.1) is 0 Å². The molecule has 0 unspecified atom stereocenters. The summed E-state index contributed by atoms with van der Waals surface area (Å²) in [5, 5.41) is 0. The molecule has 100 valence electrons. The highest BCUT2D eigenvalue weighted by molar-refractivity contribution is 9.10. The Kier molecular flexibility index (Phi) is 4.56. The van der Waals surface area contributed by atoms with E-state index in [4.69, 9.17) is 10.5 Å². The molecular formula is C15H15BrFNO. The second-order valence-corrected chi connectivity index (χ2v) is 5.08. The lowest BCUT2D eigenvalue weighted by molar-refractivity contribution is 0.461. The van der Waals surface area contributed by atoms with Crippen molar-refractivity contribution in [3.05, 3.63) is 58.3 Å². The average Bonchev–Trinajstić information content (AvgIpc) is 2.42. The molecule has 0 amide bonds. The average molecular weight is 324 g/mol. The van der Waals surface area contributed by atoms with Gasteiger partial charge in [-0.3, -0.25) is 0 Å². The monoisotopic (exact) mass is 323 g/mol. The minimum atomic E-state index is -0.338. The fourth-order valence-corrected chi connectivity index (χ4v) is 2.10. The third kappa shape index (κ3) is 3.33. The van der Waals surface area contributed by atoms with Crippen molar-refractivity contribution in [2.24, 2.45) is 5.73 Å². The fourth-order valence-electron chi connectivity index (χ4n) is 1.77. The largest absolute Gasteiger partial charge is 0.456 e. The van der Waals surface area contributed by atoms with E-state index >= 15 is 0 Å². The molecule has 0 bridgehead atoms. The maximum absolute atomic E-state index is 13.2. The van der Waals surface area contributed by atoms with Gasteiger partial charge < -0.3 is 10.5 Å². The third-order valence-electron chi connectivity index (χ3n) is 2.87. The van der Waals surface area contributed by atoms with E-state index in [2.05, 4.69) is 15.9 Å². The van der Waals surface area contributed by atoms with Crippen LogP contribution in [-0.2, 0) is 0 Å². The molecule has 2 rings (SSSR count).